The Kier molecular flexibility index (Phi) is 3.37. The van der Waals surface area contributed by atoms with E-state index in [2.05, 4.69) is 46.7 Å². The van der Waals surface area contributed by atoms with E-state index in [0.29, 0.717) is 5.92 Å². The molecular weight excluding hydrogens is 220 g/mol. The second-order valence-electron chi connectivity index (χ2n) is 4.88. The topological polar surface area (TPSA) is 24.9 Å². The van der Waals surface area contributed by atoms with E-state index in [1.165, 1.54) is 29.7 Å². The predicted octanol–water partition coefficient (Wildman–Crippen LogP) is 3.22. The number of hydrogen-bond donors (Lipinski definition) is 1. The van der Waals surface area contributed by atoms with Crippen molar-refractivity contribution < 1.29 is 0 Å². The van der Waals surface area contributed by atoms with Gasteiger partial charge in [0.15, 0.2) is 0 Å². The first kappa shape index (κ1) is 11.4. The van der Waals surface area contributed by atoms with Crippen LogP contribution in [0.5, 0.6) is 0 Å². The molecule has 1 atom stereocenters. The maximum absolute atomic E-state index is 4.64. The molecule has 0 spiro atoms. The lowest BCUT2D eigenvalue weighted by molar-refractivity contribution is 0.455. The Morgan fingerprint density at radius 1 is 1.00 bits per heavy atom. The molecule has 1 aromatic carbocycles. The standard InChI is InChI=1S/C16H18N2/c1-2-5-13(6-3-1)14-8-9-16(18-12-14)15-7-4-10-17-11-15/h1-3,5-6,8-9,12,15,17H,4,7,10-11H2. The summed E-state index contributed by atoms with van der Waals surface area (Å²) in [6.45, 7) is 2.22. The van der Waals surface area contributed by atoms with Crippen molar-refractivity contribution in [2.75, 3.05) is 13.1 Å². The molecule has 0 bridgehead atoms. The van der Waals surface area contributed by atoms with E-state index in [1.807, 2.05) is 12.3 Å². The van der Waals surface area contributed by atoms with Gasteiger partial charge in [0.05, 0.1) is 0 Å². The van der Waals surface area contributed by atoms with Crippen molar-refractivity contribution in [3.63, 3.8) is 0 Å². The van der Waals surface area contributed by atoms with Crippen LogP contribution in [0.3, 0.4) is 0 Å². The van der Waals surface area contributed by atoms with Gasteiger partial charge in [-0.2, -0.15) is 0 Å². The molecule has 1 aromatic heterocycles. The van der Waals surface area contributed by atoms with Gasteiger partial charge in [-0.15, -0.1) is 0 Å². The van der Waals surface area contributed by atoms with E-state index in [0.717, 1.165) is 13.1 Å². The third kappa shape index (κ3) is 2.44. The lowest BCUT2D eigenvalue weighted by Gasteiger charge is -2.22. The molecule has 2 heteroatoms. The number of pyridine rings is 1. The summed E-state index contributed by atoms with van der Waals surface area (Å²) in [5, 5.41) is 3.44. The molecule has 2 aromatic rings. The van der Waals surface area contributed by atoms with Gasteiger partial charge in [-0.1, -0.05) is 36.4 Å². The molecule has 3 rings (SSSR count). The molecule has 2 nitrogen and oxygen atoms in total. The van der Waals surface area contributed by atoms with E-state index in [4.69, 9.17) is 0 Å². The van der Waals surface area contributed by atoms with Gasteiger partial charge in [0, 0.05) is 29.9 Å². The van der Waals surface area contributed by atoms with Crippen molar-refractivity contribution >= 4 is 0 Å². The van der Waals surface area contributed by atoms with Crippen molar-refractivity contribution in [3.05, 3.63) is 54.4 Å². The Morgan fingerprint density at radius 3 is 2.56 bits per heavy atom. The molecule has 2 heterocycles. The number of nitrogens with one attached hydrogen (secondary N) is 1. The van der Waals surface area contributed by atoms with E-state index < -0.39 is 0 Å². The second kappa shape index (κ2) is 5.32. The fraction of sp³-hybridized carbons (Fsp3) is 0.312. The minimum Gasteiger partial charge on any atom is -0.316 e. The predicted molar refractivity (Wildman–Crippen MR) is 74.5 cm³/mol. The summed E-state index contributed by atoms with van der Waals surface area (Å²) >= 11 is 0. The maximum Gasteiger partial charge on any atom is 0.0447 e. The fourth-order valence-electron chi connectivity index (χ4n) is 2.55. The molecule has 0 amide bonds. The van der Waals surface area contributed by atoms with Crippen LogP contribution < -0.4 is 5.32 Å². The van der Waals surface area contributed by atoms with Crippen LogP contribution in [-0.4, -0.2) is 18.1 Å². The number of rotatable bonds is 2. The normalized spacial score (nSPS) is 19.7. The SMILES string of the molecule is c1ccc(-c2ccc(C3CCCNC3)nc2)cc1. The summed E-state index contributed by atoms with van der Waals surface area (Å²) in [6, 6.07) is 14.8. The zero-order valence-electron chi connectivity index (χ0n) is 10.5. The summed E-state index contributed by atoms with van der Waals surface area (Å²) in [5.41, 5.74) is 3.66. The highest BCUT2D eigenvalue weighted by molar-refractivity contribution is 5.62. The van der Waals surface area contributed by atoms with Gasteiger partial charge in [0.1, 0.15) is 0 Å². The first-order valence-corrected chi connectivity index (χ1v) is 6.65. The van der Waals surface area contributed by atoms with Crippen LogP contribution in [0.1, 0.15) is 24.5 Å². The van der Waals surface area contributed by atoms with E-state index in [9.17, 15) is 0 Å². The van der Waals surface area contributed by atoms with Gasteiger partial charge >= 0.3 is 0 Å². The highest BCUT2D eigenvalue weighted by atomic mass is 14.9. The first-order chi connectivity index (χ1) is 8.93. The minimum absolute atomic E-state index is 0.587. The van der Waals surface area contributed by atoms with Gasteiger partial charge in [-0.05, 0) is 31.0 Å². The van der Waals surface area contributed by atoms with E-state index in [1.54, 1.807) is 0 Å². The summed E-state index contributed by atoms with van der Waals surface area (Å²) in [7, 11) is 0. The second-order valence-corrected chi connectivity index (χ2v) is 4.88. The smallest absolute Gasteiger partial charge is 0.0447 e. The Hall–Kier alpha value is -1.67. The lowest BCUT2D eigenvalue weighted by Crippen LogP contribution is -2.28. The molecule has 1 saturated heterocycles. The highest BCUT2D eigenvalue weighted by Crippen LogP contribution is 2.24. The van der Waals surface area contributed by atoms with Crippen LogP contribution >= 0.6 is 0 Å². The van der Waals surface area contributed by atoms with Gasteiger partial charge in [0.2, 0.25) is 0 Å². The summed E-state index contributed by atoms with van der Waals surface area (Å²) in [5.74, 6) is 0.587. The fourth-order valence-corrected chi connectivity index (χ4v) is 2.55. The number of nitrogens with zero attached hydrogens (tertiary/aromatic N) is 1. The summed E-state index contributed by atoms with van der Waals surface area (Å²) in [6.07, 6.45) is 4.51. The first-order valence-electron chi connectivity index (χ1n) is 6.65. The number of hydrogen-bond acceptors (Lipinski definition) is 2. The molecule has 1 aliphatic rings. The minimum atomic E-state index is 0.587. The lowest BCUT2D eigenvalue weighted by atomic mass is 9.95. The van der Waals surface area contributed by atoms with Gasteiger partial charge in [0.25, 0.3) is 0 Å². The van der Waals surface area contributed by atoms with Gasteiger partial charge in [-0.25, -0.2) is 0 Å². The molecule has 0 radical (unpaired) electrons. The van der Waals surface area contributed by atoms with E-state index >= 15 is 0 Å². The Labute approximate surface area is 108 Å². The molecule has 0 saturated carbocycles. The zero-order chi connectivity index (χ0) is 12.2. The van der Waals surface area contributed by atoms with Crippen molar-refractivity contribution in [2.24, 2.45) is 0 Å². The van der Waals surface area contributed by atoms with Crippen LogP contribution in [0, 0.1) is 0 Å². The number of piperidine rings is 1. The van der Waals surface area contributed by atoms with Crippen molar-refractivity contribution in [1.82, 2.24) is 10.3 Å². The molecule has 1 aliphatic heterocycles. The highest BCUT2D eigenvalue weighted by Gasteiger charge is 2.15. The number of benzene rings is 1. The summed E-state index contributed by atoms with van der Waals surface area (Å²) < 4.78 is 0. The quantitative estimate of drug-likeness (QED) is 0.869. The third-order valence-electron chi connectivity index (χ3n) is 3.61. The average molecular weight is 238 g/mol. The van der Waals surface area contributed by atoms with Gasteiger partial charge in [-0.3, -0.25) is 4.98 Å². The van der Waals surface area contributed by atoms with Gasteiger partial charge < -0.3 is 5.32 Å². The zero-order valence-corrected chi connectivity index (χ0v) is 10.5. The van der Waals surface area contributed by atoms with Crippen LogP contribution in [-0.2, 0) is 0 Å². The Bertz CT molecular complexity index is 484. The Balaban J connectivity index is 1.80. The molecule has 1 N–H and O–H groups in total. The molecule has 0 aliphatic carbocycles. The monoisotopic (exact) mass is 238 g/mol. The maximum atomic E-state index is 4.64. The largest absolute Gasteiger partial charge is 0.316 e. The third-order valence-corrected chi connectivity index (χ3v) is 3.61. The molecule has 92 valence electrons. The molecular formula is C16H18N2. The van der Waals surface area contributed by atoms with Crippen LogP contribution in [0.25, 0.3) is 11.1 Å². The molecule has 1 unspecified atom stereocenters. The van der Waals surface area contributed by atoms with Crippen molar-refractivity contribution in [1.29, 1.82) is 0 Å². The number of aromatic nitrogens is 1. The molecule has 1 fully saturated rings. The van der Waals surface area contributed by atoms with Crippen LogP contribution in [0.4, 0.5) is 0 Å². The van der Waals surface area contributed by atoms with Crippen molar-refractivity contribution in [3.8, 4) is 11.1 Å². The van der Waals surface area contributed by atoms with Crippen LogP contribution in [0.2, 0.25) is 0 Å². The van der Waals surface area contributed by atoms with Crippen LogP contribution in [0.15, 0.2) is 48.7 Å². The Morgan fingerprint density at radius 2 is 1.89 bits per heavy atom. The van der Waals surface area contributed by atoms with E-state index in [-0.39, 0.29) is 0 Å². The average Bonchev–Trinajstić information content (AvgIpc) is 2.49. The van der Waals surface area contributed by atoms with Crippen molar-refractivity contribution in [2.45, 2.75) is 18.8 Å². The summed E-state index contributed by atoms with van der Waals surface area (Å²) in [4.78, 5) is 4.64. The molecule has 18 heavy (non-hydrogen) atoms.